The molecule has 5 nitrogen and oxygen atoms in total. The SMILES string of the molecule is CCN1CCCC(NS(=O)(=O)Cc2cccc(CO)c2)C1. The van der Waals surface area contributed by atoms with Gasteiger partial charge in [-0.15, -0.1) is 0 Å². The first-order valence-corrected chi connectivity index (χ1v) is 9.08. The lowest BCUT2D eigenvalue weighted by atomic mass is 10.1. The van der Waals surface area contributed by atoms with Crippen LogP contribution < -0.4 is 4.72 Å². The quantitative estimate of drug-likeness (QED) is 0.825. The van der Waals surface area contributed by atoms with Gasteiger partial charge < -0.3 is 10.0 Å². The van der Waals surface area contributed by atoms with E-state index in [4.69, 9.17) is 5.11 Å². The predicted octanol–water partition coefficient (Wildman–Crippen LogP) is 1.08. The van der Waals surface area contributed by atoms with Crippen molar-refractivity contribution in [3.05, 3.63) is 35.4 Å². The molecule has 118 valence electrons. The zero-order chi connectivity index (χ0) is 15.3. The fraction of sp³-hybridized carbons (Fsp3) is 0.600. The van der Waals surface area contributed by atoms with Crippen molar-refractivity contribution < 1.29 is 13.5 Å². The highest BCUT2D eigenvalue weighted by Crippen LogP contribution is 2.13. The monoisotopic (exact) mass is 312 g/mol. The van der Waals surface area contributed by atoms with Gasteiger partial charge >= 0.3 is 0 Å². The van der Waals surface area contributed by atoms with Gasteiger partial charge in [-0.2, -0.15) is 0 Å². The second-order valence-corrected chi connectivity index (χ2v) is 7.34. The number of benzene rings is 1. The summed E-state index contributed by atoms with van der Waals surface area (Å²) in [4.78, 5) is 2.27. The largest absolute Gasteiger partial charge is 0.392 e. The van der Waals surface area contributed by atoms with Crippen LogP contribution >= 0.6 is 0 Å². The van der Waals surface area contributed by atoms with Crippen LogP contribution in [0.2, 0.25) is 0 Å². The van der Waals surface area contributed by atoms with Gasteiger partial charge in [-0.05, 0) is 37.1 Å². The molecular formula is C15H24N2O3S. The first-order valence-electron chi connectivity index (χ1n) is 7.43. The first-order chi connectivity index (χ1) is 10.0. The normalized spacial score (nSPS) is 20.6. The van der Waals surface area contributed by atoms with Gasteiger partial charge in [0.05, 0.1) is 12.4 Å². The van der Waals surface area contributed by atoms with E-state index in [1.54, 1.807) is 24.3 Å². The van der Waals surface area contributed by atoms with E-state index in [-0.39, 0.29) is 18.4 Å². The molecule has 1 fully saturated rings. The van der Waals surface area contributed by atoms with E-state index in [0.717, 1.165) is 38.0 Å². The Morgan fingerprint density at radius 2 is 2.14 bits per heavy atom. The Kier molecular flexibility index (Phi) is 5.75. The highest BCUT2D eigenvalue weighted by molar-refractivity contribution is 7.88. The van der Waals surface area contributed by atoms with Crippen LogP contribution in [0, 0.1) is 0 Å². The molecular weight excluding hydrogens is 288 g/mol. The predicted molar refractivity (Wildman–Crippen MR) is 83.3 cm³/mol. The Labute approximate surface area is 127 Å². The molecule has 2 rings (SSSR count). The second kappa shape index (κ2) is 7.35. The second-order valence-electron chi connectivity index (χ2n) is 5.59. The summed E-state index contributed by atoms with van der Waals surface area (Å²) >= 11 is 0. The van der Waals surface area contributed by atoms with Crippen molar-refractivity contribution in [2.75, 3.05) is 19.6 Å². The van der Waals surface area contributed by atoms with Crippen molar-refractivity contribution in [1.29, 1.82) is 0 Å². The van der Waals surface area contributed by atoms with Crippen LogP contribution in [0.1, 0.15) is 30.9 Å². The molecule has 1 saturated heterocycles. The molecule has 6 heteroatoms. The number of nitrogens with zero attached hydrogens (tertiary/aromatic N) is 1. The Morgan fingerprint density at radius 3 is 2.86 bits per heavy atom. The summed E-state index contributed by atoms with van der Waals surface area (Å²) in [6.45, 7) is 4.81. The molecule has 1 unspecified atom stereocenters. The van der Waals surface area contributed by atoms with Crippen LogP contribution in [0.4, 0.5) is 0 Å². The standard InChI is InChI=1S/C15H24N2O3S/c1-2-17-8-4-7-15(10-17)16-21(19,20)12-14-6-3-5-13(9-14)11-18/h3,5-6,9,15-16,18H,2,4,7-8,10-12H2,1H3. The van der Waals surface area contributed by atoms with Crippen molar-refractivity contribution in [2.24, 2.45) is 0 Å². The third-order valence-corrected chi connectivity index (χ3v) is 5.24. The molecule has 0 aromatic heterocycles. The van der Waals surface area contributed by atoms with Crippen molar-refractivity contribution in [2.45, 2.75) is 38.2 Å². The molecule has 1 aromatic rings. The topological polar surface area (TPSA) is 69.6 Å². The Balaban J connectivity index is 1.98. The molecule has 1 aliphatic heterocycles. The number of aliphatic hydroxyl groups excluding tert-OH is 1. The number of piperidine rings is 1. The minimum atomic E-state index is -3.35. The number of hydrogen-bond acceptors (Lipinski definition) is 4. The minimum absolute atomic E-state index is 0.00437. The number of nitrogens with one attached hydrogen (secondary N) is 1. The number of rotatable bonds is 6. The highest BCUT2D eigenvalue weighted by atomic mass is 32.2. The number of aliphatic hydroxyl groups is 1. The third kappa shape index (κ3) is 5.07. The van der Waals surface area contributed by atoms with Crippen molar-refractivity contribution in [3.8, 4) is 0 Å². The van der Waals surface area contributed by atoms with Gasteiger partial charge in [0.15, 0.2) is 0 Å². The van der Waals surface area contributed by atoms with E-state index in [1.165, 1.54) is 0 Å². The summed E-state index contributed by atoms with van der Waals surface area (Å²) in [6.07, 6.45) is 1.92. The summed E-state index contributed by atoms with van der Waals surface area (Å²) < 4.78 is 27.4. The smallest absolute Gasteiger partial charge is 0.216 e. The average molecular weight is 312 g/mol. The molecule has 1 aromatic carbocycles. The Morgan fingerprint density at radius 1 is 1.38 bits per heavy atom. The van der Waals surface area contributed by atoms with Crippen molar-refractivity contribution >= 4 is 10.0 Å². The average Bonchev–Trinajstić information content (AvgIpc) is 2.46. The number of hydrogen-bond donors (Lipinski definition) is 2. The van der Waals surface area contributed by atoms with Crippen LogP contribution in [0.25, 0.3) is 0 Å². The fourth-order valence-electron chi connectivity index (χ4n) is 2.77. The van der Waals surface area contributed by atoms with E-state index >= 15 is 0 Å². The lowest BCUT2D eigenvalue weighted by Crippen LogP contribution is -2.47. The molecule has 0 bridgehead atoms. The fourth-order valence-corrected chi connectivity index (χ4v) is 4.17. The number of likely N-dealkylation sites (tertiary alicyclic amines) is 1. The summed E-state index contributed by atoms with van der Waals surface area (Å²) in [6, 6.07) is 7.07. The maximum Gasteiger partial charge on any atom is 0.216 e. The van der Waals surface area contributed by atoms with Crippen LogP contribution in [-0.2, 0) is 22.4 Å². The molecule has 0 spiro atoms. The van der Waals surface area contributed by atoms with Gasteiger partial charge in [0.2, 0.25) is 10.0 Å². The van der Waals surface area contributed by atoms with Gasteiger partial charge in [-0.1, -0.05) is 31.2 Å². The lowest BCUT2D eigenvalue weighted by molar-refractivity contribution is 0.211. The van der Waals surface area contributed by atoms with Crippen LogP contribution in [0.15, 0.2) is 24.3 Å². The molecule has 2 N–H and O–H groups in total. The minimum Gasteiger partial charge on any atom is -0.392 e. The Bertz CT molecular complexity index is 560. The molecule has 0 aliphatic carbocycles. The first kappa shape index (κ1) is 16.4. The summed E-state index contributed by atoms with van der Waals surface area (Å²) in [5.41, 5.74) is 1.44. The maximum atomic E-state index is 12.3. The summed E-state index contributed by atoms with van der Waals surface area (Å²) in [5, 5.41) is 9.11. The summed E-state index contributed by atoms with van der Waals surface area (Å²) in [5.74, 6) is -0.0382. The Hall–Kier alpha value is -0.950. The number of sulfonamides is 1. The van der Waals surface area contributed by atoms with Crippen molar-refractivity contribution in [3.63, 3.8) is 0 Å². The van der Waals surface area contributed by atoms with E-state index in [2.05, 4.69) is 16.5 Å². The maximum absolute atomic E-state index is 12.3. The van der Waals surface area contributed by atoms with Crippen molar-refractivity contribution in [1.82, 2.24) is 9.62 Å². The summed E-state index contributed by atoms with van der Waals surface area (Å²) in [7, 11) is -3.35. The van der Waals surface area contributed by atoms with E-state index < -0.39 is 10.0 Å². The molecule has 0 saturated carbocycles. The van der Waals surface area contributed by atoms with E-state index in [9.17, 15) is 8.42 Å². The van der Waals surface area contributed by atoms with Gasteiger partial charge in [0.25, 0.3) is 0 Å². The molecule has 0 radical (unpaired) electrons. The van der Waals surface area contributed by atoms with E-state index in [1.807, 2.05) is 0 Å². The van der Waals surface area contributed by atoms with E-state index in [0.29, 0.717) is 5.56 Å². The zero-order valence-corrected chi connectivity index (χ0v) is 13.3. The third-order valence-electron chi connectivity index (χ3n) is 3.83. The van der Waals surface area contributed by atoms with Gasteiger partial charge in [0.1, 0.15) is 0 Å². The van der Waals surface area contributed by atoms with Gasteiger partial charge in [0, 0.05) is 12.6 Å². The van der Waals surface area contributed by atoms with Crippen LogP contribution in [-0.4, -0.2) is 44.1 Å². The lowest BCUT2D eigenvalue weighted by Gasteiger charge is -2.32. The molecule has 1 heterocycles. The molecule has 1 aliphatic rings. The number of likely N-dealkylation sites (N-methyl/N-ethyl adjacent to an activating group) is 1. The highest BCUT2D eigenvalue weighted by Gasteiger charge is 2.23. The van der Waals surface area contributed by atoms with Gasteiger partial charge in [-0.3, -0.25) is 0 Å². The molecule has 1 atom stereocenters. The van der Waals surface area contributed by atoms with Gasteiger partial charge in [-0.25, -0.2) is 13.1 Å². The van der Waals surface area contributed by atoms with Crippen LogP contribution in [0.3, 0.4) is 0 Å². The molecule has 21 heavy (non-hydrogen) atoms. The zero-order valence-electron chi connectivity index (χ0n) is 12.5. The van der Waals surface area contributed by atoms with Crippen LogP contribution in [0.5, 0.6) is 0 Å². The molecule has 0 amide bonds.